The average molecular weight is 401 g/mol. The summed E-state index contributed by atoms with van der Waals surface area (Å²) in [6.45, 7) is 2.25. The van der Waals surface area contributed by atoms with Gasteiger partial charge in [-0.3, -0.25) is 0 Å². The number of ether oxygens (including phenoxy) is 1. The maximum Gasteiger partial charge on any atom is 0.573 e. The second-order valence-corrected chi connectivity index (χ2v) is 8.81. The van der Waals surface area contributed by atoms with Crippen molar-refractivity contribution in [2.75, 3.05) is 0 Å². The Balaban J connectivity index is 1.47. The first-order valence-electron chi connectivity index (χ1n) is 10.9. The molecule has 1 unspecified atom stereocenters. The Morgan fingerprint density at radius 1 is 0.893 bits per heavy atom. The number of alkyl halides is 3. The molecular weight excluding hydrogens is 368 g/mol. The summed E-state index contributed by atoms with van der Waals surface area (Å²) >= 11 is 0. The van der Waals surface area contributed by atoms with Crippen LogP contribution in [0.3, 0.4) is 0 Å². The standard InChI is InChI=1S/C23H32F4O/c1-2-3-4-16-5-7-17(8-6-16)9-10-18-11-12-19-15-22(28-23(25,26)27)21(24)14-20(19)13-18/h14-18H,2-13H2,1H3. The van der Waals surface area contributed by atoms with Crippen molar-refractivity contribution in [3.05, 3.63) is 29.1 Å². The van der Waals surface area contributed by atoms with Crippen LogP contribution in [0.25, 0.3) is 0 Å². The van der Waals surface area contributed by atoms with Gasteiger partial charge in [-0.15, -0.1) is 13.2 Å². The molecule has 1 atom stereocenters. The van der Waals surface area contributed by atoms with E-state index >= 15 is 0 Å². The number of aryl methyl sites for hydroxylation is 1. The Hall–Kier alpha value is -1.26. The van der Waals surface area contributed by atoms with Crippen molar-refractivity contribution < 1.29 is 22.3 Å². The van der Waals surface area contributed by atoms with Crippen molar-refractivity contribution >= 4 is 0 Å². The first-order valence-corrected chi connectivity index (χ1v) is 10.9. The second kappa shape index (κ2) is 9.49. The van der Waals surface area contributed by atoms with Crippen LogP contribution in [0.15, 0.2) is 12.1 Å². The van der Waals surface area contributed by atoms with Crippen LogP contribution in [0, 0.1) is 23.6 Å². The summed E-state index contributed by atoms with van der Waals surface area (Å²) in [7, 11) is 0. The second-order valence-electron chi connectivity index (χ2n) is 8.81. The van der Waals surface area contributed by atoms with Crippen molar-refractivity contribution in [2.24, 2.45) is 17.8 Å². The van der Waals surface area contributed by atoms with Crippen molar-refractivity contribution in [1.29, 1.82) is 0 Å². The van der Waals surface area contributed by atoms with Crippen LogP contribution in [0.2, 0.25) is 0 Å². The molecule has 0 saturated heterocycles. The number of fused-ring (bicyclic) bond motifs is 1. The Bertz CT molecular complexity index is 632. The molecule has 1 aromatic carbocycles. The van der Waals surface area contributed by atoms with E-state index in [4.69, 9.17) is 0 Å². The van der Waals surface area contributed by atoms with Gasteiger partial charge in [0.05, 0.1) is 0 Å². The zero-order valence-electron chi connectivity index (χ0n) is 16.8. The summed E-state index contributed by atoms with van der Waals surface area (Å²) in [5, 5.41) is 0. The maximum atomic E-state index is 14.0. The molecule has 0 N–H and O–H groups in total. The normalized spacial score (nSPS) is 25.4. The number of hydrogen-bond acceptors (Lipinski definition) is 1. The zero-order valence-corrected chi connectivity index (χ0v) is 16.8. The highest BCUT2D eigenvalue weighted by molar-refractivity contribution is 5.39. The molecule has 5 heteroatoms. The SMILES string of the molecule is CCCCC1CCC(CCC2CCc3cc(OC(F)(F)F)c(F)cc3C2)CC1. The minimum Gasteiger partial charge on any atom is -0.403 e. The van der Waals surface area contributed by atoms with Crippen molar-refractivity contribution in [1.82, 2.24) is 0 Å². The summed E-state index contributed by atoms with van der Waals surface area (Å²) in [5.74, 6) is 0.637. The predicted octanol–water partition coefficient (Wildman–Crippen LogP) is 7.61. The Morgan fingerprint density at radius 2 is 1.54 bits per heavy atom. The molecule has 28 heavy (non-hydrogen) atoms. The van der Waals surface area contributed by atoms with E-state index in [1.54, 1.807) is 0 Å². The van der Waals surface area contributed by atoms with Gasteiger partial charge >= 0.3 is 6.36 Å². The van der Waals surface area contributed by atoms with Crippen LogP contribution in [0.1, 0.15) is 82.3 Å². The van der Waals surface area contributed by atoms with Gasteiger partial charge in [0, 0.05) is 0 Å². The Morgan fingerprint density at radius 3 is 2.18 bits per heavy atom. The van der Waals surface area contributed by atoms with Gasteiger partial charge in [-0.25, -0.2) is 4.39 Å². The molecule has 1 aromatic rings. The predicted molar refractivity (Wildman–Crippen MR) is 103 cm³/mol. The number of halogens is 4. The van der Waals surface area contributed by atoms with E-state index in [9.17, 15) is 17.6 Å². The summed E-state index contributed by atoms with van der Waals surface area (Å²) in [6, 6.07) is 2.49. The van der Waals surface area contributed by atoms with E-state index in [2.05, 4.69) is 11.7 Å². The zero-order chi connectivity index (χ0) is 20.1. The van der Waals surface area contributed by atoms with Crippen molar-refractivity contribution in [3.63, 3.8) is 0 Å². The molecule has 3 rings (SSSR count). The lowest BCUT2D eigenvalue weighted by atomic mass is 9.75. The van der Waals surface area contributed by atoms with Crippen LogP contribution in [-0.4, -0.2) is 6.36 Å². The molecule has 2 aliphatic carbocycles. The number of benzene rings is 1. The van der Waals surface area contributed by atoms with Crippen molar-refractivity contribution in [3.8, 4) is 5.75 Å². The molecule has 0 amide bonds. The summed E-state index contributed by atoms with van der Waals surface area (Å²) in [4.78, 5) is 0. The lowest BCUT2D eigenvalue weighted by molar-refractivity contribution is -0.275. The highest BCUT2D eigenvalue weighted by Gasteiger charge is 2.33. The molecule has 0 aliphatic heterocycles. The average Bonchev–Trinajstić information content (AvgIpc) is 2.65. The van der Waals surface area contributed by atoms with E-state index in [0.29, 0.717) is 12.3 Å². The van der Waals surface area contributed by atoms with Crippen molar-refractivity contribution in [2.45, 2.75) is 90.3 Å². The van der Waals surface area contributed by atoms with E-state index in [1.807, 2.05) is 0 Å². The van der Waals surface area contributed by atoms with Crippen LogP contribution in [0.5, 0.6) is 5.75 Å². The molecule has 158 valence electrons. The molecule has 0 spiro atoms. The van der Waals surface area contributed by atoms with Gasteiger partial charge in [-0.2, -0.15) is 0 Å². The molecular formula is C23H32F4O. The Labute approximate surface area is 165 Å². The van der Waals surface area contributed by atoms with Gasteiger partial charge in [0.15, 0.2) is 11.6 Å². The van der Waals surface area contributed by atoms with E-state index in [-0.39, 0.29) is 0 Å². The Kier molecular flexibility index (Phi) is 7.27. The third-order valence-corrected chi connectivity index (χ3v) is 6.73. The van der Waals surface area contributed by atoms with Gasteiger partial charge in [-0.05, 0) is 66.7 Å². The molecule has 0 aromatic heterocycles. The number of unbranched alkanes of at least 4 members (excludes halogenated alkanes) is 1. The highest BCUT2D eigenvalue weighted by atomic mass is 19.4. The molecule has 1 saturated carbocycles. The van der Waals surface area contributed by atoms with E-state index < -0.39 is 17.9 Å². The molecule has 1 fully saturated rings. The van der Waals surface area contributed by atoms with E-state index in [0.717, 1.165) is 42.2 Å². The maximum absolute atomic E-state index is 14.0. The van der Waals surface area contributed by atoms with Gasteiger partial charge in [0.2, 0.25) is 0 Å². The van der Waals surface area contributed by atoms with Gasteiger partial charge in [0.1, 0.15) is 0 Å². The fourth-order valence-corrected chi connectivity index (χ4v) is 5.05. The van der Waals surface area contributed by atoms with Crippen LogP contribution >= 0.6 is 0 Å². The van der Waals surface area contributed by atoms with Gasteiger partial charge in [-0.1, -0.05) is 58.3 Å². The topological polar surface area (TPSA) is 9.23 Å². The lowest BCUT2D eigenvalue weighted by Crippen LogP contribution is -2.20. The quantitative estimate of drug-likeness (QED) is 0.428. The fourth-order valence-electron chi connectivity index (χ4n) is 5.05. The van der Waals surface area contributed by atoms with Crippen LogP contribution in [-0.2, 0) is 12.8 Å². The summed E-state index contributed by atoms with van der Waals surface area (Å²) < 4.78 is 55.0. The largest absolute Gasteiger partial charge is 0.573 e. The third-order valence-electron chi connectivity index (χ3n) is 6.73. The number of rotatable bonds is 7. The first-order chi connectivity index (χ1) is 13.3. The van der Waals surface area contributed by atoms with Gasteiger partial charge < -0.3 is 4.74 Å². The minimum absolute atomic E-state index is 0.513. The summed E-state index contributed by atoms with van der Waals surface area (Å²) in [5.41, 5.74) is 1.65. The fraction of sp³-hybridized carbons (Fsp3) is 0.739. The van der Waals surface area contributed by atoms with Crippen LogP contribution < -0.4 is 4.74 Å². The monoisotopic (exact) mass is 400 g/mol. The van der Waals surface area contributed by atoms with Gasteiger partial charge in [0.25, 0.3) is 0 Å². The van der Waals surface area contributed by atoms with Crippen LogP contribution in [0.4, 0.5) is 17.6 Å². The molecule has 1 nitrogen and oxygen atoms in total. The first kappa shape index (κ1) is 21.4. The smallest absolute Gasteiger partial charge is 0.403 e. The minimum atomic E-state index is -4.86. The third kappa shape index (κ3) is 6.12. The number of hydrogen-bond donors (Lipinski definition) is 0. The lowest BCUT2D eigenvalue weighted by Gasteiger charge is -2.31. The molecule has 0 heterocycles. The molecule has 0 radical (unpaired) electrons. The summed E-state index contributed by atoms with van der Waals surface area (Å²) in [6.07, 6.45) is 9.39. The molecule has 2 aliphatic rings. The molecule has 0 bridgehead atoms. The van der Waals surface area contributed by atoms with E-state index in [1.165, 1.54) is 63.5 Å². The highest BCUT2D eigenvalue weighted by Crippen LogP contribution is 2.38.